The minimum atomic E-state index is -0.878. The van der Waals surface area contributed by atoms with Gasteiger partial charge < -0.3 is 19.8 Å². The lowest BCUT2D eigenvalue weighted by molar-refractivity contribution is 0.208. The number of carbonyl (C=O) groups is 1. The molecular formula is C14H17N3O3. The van der Waals surface area contributed by atoms with Gasteiger partial charge >= 0.3 is 6.09 Å². The van der Waals surface area contributed by atoms with Gasteiger partial charge in [0.25, 0.3) is 0 Å². The zero-order chi connectivity index (χ0) is 14.7. The predicted octanol–water partition coefficient (Wildman–Crippen LogP) is 2.42. The van der Waals surface area contributed by atoms with Crippen molar-refractivity contribution in [1.82, 2.24) is 9.88 Å². The van der Waals surface area contributed by atoms with Gasteiger partial charge in [0.1, 0.15) is 0 Å². The maximum Gasteiger partial charge on any atom is 0.411 e. The van der Waals surface area contributed by atoms with Crippen molar-refractivity contribution in [1.29, 1.82) is 0 Å². The summed E-state index contributed by atoms with van der Waals surface area (Å²) in [4.78, 5) is 17.2. The number of furan rings is 1. The van der Waals surface area contributed by atoms with E-state index in [4.69, 9.17) is 14.9 Å². The lowest BCUT2D eigenvalue weighted by Crippen LogP contribution is -2.20. The Labute approximate surface area is 117 Å². The second kappa shape index (κ2) is 5.75. The van der Waals surface area contributed by atoms with Crippen molar-refractivity contribution in [3.63, 3.8) is 0 Å². The standard InChI is InChI=1S/C14H17N3O3/c1-9(17(2)3)13-11(10-6-7-19-8-10)4-5-12(16-13)20-14(15)18/h4-9H,1-3H3,(H2,15,18). The molecule has 1 atom stereocenters. The fourth-order valence-electron chi connectivity index (χ4n) is 1.84. The number of primary amides is 1. The van der Waals surface area contributed by atoms with E-state index in [1.165, 1.54) is 0 Å². The Morgan fingerprint density at radius 3 is 2.70 bits per heavy atom. The molecule has 1 amide bonds. The molecule has 2 heterocycles. The van der Waals surface area contributed by atoms with E-state index in [9.17, 15) is 4.79 Å². The number of carbonyl (C=O) groups excluding carboxylic acids is 1. The first kappa shape index (κ1) is 14.1. The largest absolute Gasteiger partial charge is 0.472 e. The highest BCUT2D eigenvalue weighted by Crippen LogP contribution is 2.31. The van der Waals surface area contributed by atoms with Crippen LogP contribution in [0.1, 0.15) is 18.7 Å². The molecule has 0 spiro atoms. The predicted molar refractivity (Wildman–Crippen MR) is 74.3 cm³/mol. The molecule has 0 saturated carbocycles. The Morgan fingerprint density at radius 2 is 2.15 bits per heavy atom. The van der Waals surface area contributed by atoms with Crippen LogP contribution in [-0.2, 0) is 0 Å². The molecule has 0 bridgehead atoms. The Morgan fingerprint density at radius 1 is 1.40 bits per heavy atom. The zero-order valence-corrected chi connectivity index (χ0v) is 11.7. The number of ether oxygens (including phenoxy) is 1. The summed E-state index contributed by atoms with van der Waals surface area (Å²) in [7, 11) is 3.90. The number of aromatic nitrogens is 1. The zero-order valence-electron chi connectivity index (χ0n) is 11.7. The van der Waals surface area contributed by atoms with Crippen molar-refractivity contribution in [3.05, 3.63) is 36.4 Å². The van der Waals surface area contributed by atoms with Gasteiger partial charge in [-0.15, -0.1) is 0 Å². The summed E-state index contributed by atoms with van der Waals surface area (Å²) in [6.45, 7) is 2.01. The summed E-state index contributed by atoms with van der Waals surface area (Å²) in [5.41, 5.74) is 7.65. The maximum absolute atomic E-state index is 10.8. The average molecular weight is 275 g/mol. The number of hydrogen-bond donors (Lipinski definition) is 1. The van der Waals surface area contributed by atoms with Crippen LogP contribution in [0.15, 0.2) is 35.1 Å². The quantitative estimate of drug-likeness (QED) is 0.926. The second-order valence-corrected chi connectivity index (χ2v) is 4.65. The SMILES string of the molecule is CC(c1nc(OC(N)=O)ccc1-c1ccoc1)N(C)C. The van der Waals surface area contributed by atoms with Gasteiger partial charge in [-0.05, 0) is 33.2 Å². The van der Waals surface area contributed by atoms with Crippen molar-refractivity contribution in [2.24, 2.45) is 5.73 Å². The Kier molecular flexibility index (Phi) is 4.05. The summed E-state index contributed by atoms with van der Waals surface area (Å²) in [5.74, 6) is 0.188. The lowest BCUT2D eigenvalue weighted by atomic mass is 10.0. The molecule has 0 aliphatic rings. The smallest absolute Gasteiger partial charge is 0.411 e. The van der Waals surface area contributed by atoms with Crippen LogP contribution >= 0.6 is 0 Å². The van der Waals surface area contributed by atoms with Crippen LogP contribution in [0.3, 0.4) is 0 Å². The van der Waals surface area contributed by atoms with Gasteiger partial charge in [0, 0.05) is 23.2 Å². The molecule has 0 aromatic carbocycles. The van der Waals surface area contributed by atoms with E-state index in [-0.39, 0.29) is 11.9 Å². The minimum Gasteiger partial charge on any atom is -0.472 e. The van der Waals surface area contributed by atoms with E-state index < -0.39 is 6.09 Å². The summed E-state index contributed by atoms with van der Waals surface area (Å²) < 4.78 is 9.96. The number of nitrogens with two attached hydrogens (primary N) is 1. The van der Waals surface area contributed by atoms with Gasteiger partial charge in [-0.3, -0.25) is 0 Å². The molecule has 0 fully saturated rings. The van der Waals surface area contributed by atoms with E-state index in [0.29, 0.717) is 0 Å². The molecule has 1 unspecified atom stereocenters. The molecule has 2 N–H and O–H groups in total. The van der Waals surface area contributed by atoms with Gasteiger partial charge in [0.05, 0.1) is 18.2 Å². The third kappa shape index (κ3) is 2.97. The molecule has 6 heteroatoms. The molecule has 0 radical (unpaired) electrons. The first-order valence-corrected chi connectivity index (χ1v) is 6.16. The summed E-state index contributed by atoms with van der Waals surface area (Å²) in [5, 5.41) is 0. The van der Waals surface area contributed by atoms with E-state index in [1.54, 1.807) is 18.6 Å². The molecular weight excluding hydrogens is 258 g/mol. The summed E-state index contributed by atoms with van der Waals surface area (Å²) in [6.07, 6.45) is 2.38. The number of pyridine rings is 1. The molecule has 2 aromatic rings. The highest BCUT2D eigenvalue weighted by atomic mass is 16.6. The average Bonchev–Trinajstić information content (AvgIpc) is 2.90. The molecule has 106 valence electrons. The third-order valence-electron chi connectivity index (χ3n) is 3.11. The molecule has 20 heavy (non-hydrogen) atoms. The first-order valence-electron chi connectivity index (χ1n) is 6.16. The highest BCUT2D eigenvalue weighted by Gasteiger charge is 2.18. The number of rotatable bonds is 4. The van der Waals surface area contributed by atoms with Crippen LogP contribution in [0.2, 0.25) is 0 Å². The van der Waals surface area contributed by atoms with Crippen molar-refractivity contribution in [2.75, 3.05) is 14.1 Å². The van der Waals surface area contributed by atoms with Gasteiger partial charge in [0.15, 0.2) is 0 Å². The van der Waals surface area contributed by atoms with E-state index in [2.05, 4.69) is 4.98 Å². The Bertz CT molecular complexity index is 594. The van der Waals surface area contributed by atoms with E-state index >= 15 is 0 Å². The van der Waals surface area contributed by atoms with Crippen LogP contribution < -0.4 is 10.5 Å². The normalized spacial score (nSPS) is 12.4. The van der Waals surface area contributed by atoms with Crippen molar-refractivity contribution >= 4 is 6.09 Å². The van der Waals surface area contributed by atoms with Gasteiger partial charge in [-0.2, -0.15) is 0 Å². The van der Waals surface area contributed by atoms with E-state index in [0.717, 1.165) is 16.8 Å². The monoisotopic (exact) mass is 275 g/mol. The summed E-state index contributed by atoms with van der Waals surface area (Å²) >= 11 is 0. The van der Waals surface area contributed by atoms with Crippen LogP contribution in [0, 0.1) is 0 Å². The van der Waals surface area contributed by atoms with E-state index in [1.807, 2.05) is 38.1 Å². The van der Waals surface area contributed by atoms with Gasteiger partial charge in [-0.25, -0.2) is 9.78 Å². The van der Waals surface area contributed by atoms with Gasteiger partial charge in [-0.1, -0.05) is 0 Å². The topological polar surface area (TPSA) is 81.6 Å². The van der Waals surface area contributed by atoms with Crippen molar-refractivity contribution in [2.45, 2.75) is 13.0 Å². The van der Waals surface area contributed by atoms with Crippen molar-refractivity contribution in [3.8, 4) is 17.0 Å². The maximum atomic E-state index is 10.8. The number of hydrogen-bond acceptors (Lipinski definition) is 5. The fourth-order valence-corrected chi connectivity index (χ4v) is 1.84. The van der Waals surface area contributed by atoms with Crippen LogP contribution in [0.5, 0.6) is 5.88 Å². The van der Waals surface area contributed by atoms with Crippen molar-refractivity contribution < 1.29 is 13.9 Å². The molecule has 0 aliphatic heterocycles. The Hall–Kier alpha value is -2.34. The fraction of sp³-hybridized carbons (Fsp3) is 0.286. The molecule has 2 aromatic heterocycles. The van der Waals surface area contributed by atoms with Crippen LogP contribution in [0.25, 0.3) is 11.1 Å². The number of nitrogens with zero attached hydrogens (tertiary/aromatic N) is 2. The molecule has 6 nitrogen and oxygen atoms in total. The highest BCUT2D eigenvalue weighted by molar-refractivity contribution is 5.69. The first-order chi connectivity index (χ1) is 9.49. The van der Waals surface area contributed by atoms with Gasteiger partial charge in [0.2, 0.25) is 5.88 Å². The van der Waals surface area contributed by atoms with Crippen LogP contribution in [-0.4, -0.2) is 30.1 Å². The summed E-state index contributed by atoms with van der Waals surface area (Å²) in [6, 6.07) is 5.35. The second-order valence-electron chi connectivity index (χ2n) is 4.65. The Balaban J connectivity index is 2.48. The third-order valence-corrected chi connectivity index (χ3v) is 3.11. The molecule has 0 aliphatic carbocycles. The minimum absolute atomic E-state index is 0.0383. The van der Waals surface area contributed by atoms with Crippen LogP contribution in [0.4, 0.5) is 4.79 Å². The number of amides is 1. The lowest BCUT2D eigenvalue weighted by Gasteiger charge is -2.22. The molecule has 2 rings (SSSR count). The molecule has 0 saturated heterocycles.